The first-order valence-corrected chi connectivity index (χ1v) is 6.67. The van der Waals surface area contributed by atoms with Crippen LogP contribution in [0.2, 0.25) is 0 Å². The van der Waals surface area contributed by atoms with Crippen molar-refractivity contribution in [3.63, 3.8) is 0 Å². The molecule has 1 heterocycles. The van der Waals surface area contributed by atoms with Crippen LogP contribution in [0.3, 0.4) is 0 Å². The minimum absolute atomic E-state index is 0.233. The number of aromatic nitrogens is 2. The van der Waals surface area contributed by atoms with Crippen LogP contribution < -0.4 is 0 Å². The summed E-state index contributed by atoms with van der Waals surface area (Å²) in [7, 11) is 0. The largest absolute Gasteiger partial charge is 0.338 e. The molecular weight excluding hydrogens is 232 g/mol. The quantitative estimate of drug-likeness (QED) is 0.827. The fourth-order valence-electron chi connectivity index (χ4n) is 1.57. The minimum atomic E-state index is 0.233. The second kappa shape index (κ2) is 5.36. The van der Waals surface area contributed by atoms with Crippen molar-refractivity contribution in [1.29, 1.82) is 0 Å². The maximum absolute atomic E-state index is 5.16. The molecule has 0 amide bonds. The molecule has 0 aliphatic rings. The predicted octanol–water partition coefficient (Wildman–Crippen LogP) is 3.68. The molecule has 1 aromatic heterocycles. The van der Waals surface area contributed by atoms with E-state index in [0.29, 0.717) is 11.7 Å². The van der Waals surface area contributed by atoms with E-state index < -0.39 is 0 Å². The molecule has 3 nitrogen and oxygen atoms in total. The van der Waals surface area contributed by atoms with Gasteiger partial charge >= 0.3 is 0 Å². The average Bonchev–Trinajstić information content (AvgIpc) is 2.73. The van der Waals surface area contributed by atoms with E-state index in [2.05, 4.69) is 48.3 Å². The number of rotatable bonds is 4. The van der Waals surface area contributed by atoms with Gasteiger partial charge in [0, 0.05) is 5.75 Å². The Kier molecular flexibility index (Phi) is 3.84. The summed E-state index contributed by atoms with van der Waals surface area (Å²) in [6.07, 6.45) is 0. The molecule has 1 unspecified atom stereocenters. The number of benzene rings is 1. The van der Waals surface area contributed by atoms with Crippen molar-refractivity contribution in [3.8, 4) is 0 Å². The second-order valence-electron chi connectivity index (χ2n) is 4.12. The second-order valence-corrected chi connectivity index (χ2v) is 5.45. The van der Waals surface area contributed by atoms with Gasteiger partial charge < -0.3 is 4.52 Å². The summed E-state index contributed by atoms with van der Waals surface area (Å²) in [5, 5.41) is 4.04. The van der Waals surface area contributed by atoms with Gasteiger partial charge in [-0.1, -0.05) is 35.0 Å². The van der Waals surface area contributed by atoms with Gasteiger partial charge in [0.1, 0.15) is 0 Å². The number of hydrogen-bond donors (Lipinski definition) is 0. The molecule has 2 aromatic rings. The first kappa shape index (κ1) is 12.2. The van der Waals surface area contributed by atoms with Gasteiger partial charge in [-0.3, -0.25) is 0 Å². The van der Waals surface area contributed by atoms with E-state index in [0.717, 1.165) is 5.75 Å². The number of hydrogen-bond acceptors (Lipinski definition) is 4. The standard InChI is InChI=1S/C13H16N2OS/c1-9-5-4-6-12(7-9)8-17-10(2)13-14-11(3)15-16-13/h4-7,10H,8H2,1-3H3. The van der Waals surface area contributed by atoms with Crippen LogP contribution in [0, 0.1) is 13.8 Å². The first-order valence-electron chi connectivity index (χ1n) is 5.62. The molecule has 2 rings (SSSR count). The van der Waals surface area contributed by atoms with Crippen molar-refractivity contribution < 1.29 is 4.52 Å². The monoisotopic (exact) mass is 248 g/mol. The number of aryl methyl sites for hydroxylation is 2. The Morgan fingerprint density at radius 2 is 2.18 bits per heavy atom. The van der Waals surface area contributed by atoms with E-state index in [4.69, 9.17) is 4.52 Å². The van der Waals surface area contributed by atoms with Crippen molar-refractivity contribution in [2.24, 2.45) is 0 Å². The van der Waals surface area contributed by atoms with Crippen molar-refractivity contribution in [2.75, 3.05) is 0 Å². The van der Waals surface area contributed by atoms with Gasteiger partial charge in [0.05, 0.1) is 5.25 Å². The van der Waals surface area contributed by atoms with Crippen molar-refractivity contribution in [1.82, 2.24) is 10.1 Å². The van der Waals surface area contributed by atoms with E-state index >= 15 is 0 Å². The van der Waals surface area contributed by atoms with Crippen molar-refractivity contribution >= 4 is 11.8 Å². The van der Waals surface area contributed by atoms with E-state index in [9.17, 15) is 0 Å². The molecule has 0 aliphatic heterocycles. The van der Waals surface area contributed by atoms with Crippen molar-refractivity contribution in [3.05, 3.63) is 47.1 Å². The third-order valence-corrected chi connectivity index (χ3v) is 3.68. The summed E-state index contributed by atoms with van der Waals surface area (Å²) in [5.74, 6) is 2.37. The van der Waals surface area contributed by atoms with Crippen LogP contribution in [0.5, 0.6) is 0 Å². The molecule has 0 aliphatic carbocycles. The molecular formula is C13H16N2OS. The maximum atomic E-state index is 5.16. The summed E-state index contributed by atoms with van der Waals surface area (Å²) in [5.41, 5.74) is 2.63. The van der Waals surface area contributed by atoms with Gasteiger partial charge in [0.2, 0.25) is 5.89 Å². The molecule has 0 N–H and O–H groups in total. The fourth-order valence-corrected chi connectivity index (χ4v) is 2.43. The lowest BCUT2D eigenvalue weighted by molar-refractivity contribution is 0.376. The zero-order valence-electron chi connectivity index (χ0n) is 10.3. The highest BCUT2D eigenvalue weighted by atomic mass is 32.2. The first-order chi connectivity index (χ1) is 8.15. The molecule has 1 atom stereocenters. The molecule has 90 valence electrons. The summed E-state index contributed by atoms with van der Waals surface area (Å²) in [4.78, 5) is 4.24. The highest BCUT2D eigenvalue weighted by molar-refractivity contribution is 7.98. The Bertz CT molecular complexity index is 496. The van der Waals surface area contributed by atoms with Gasteiger partial charge in [-0.05, 0) is 26.3 Å². The van der Waals surface area contributed by atoms with E-state index in [1.165, 1.54) is 11.1 Å². The highest BCUT2D eigenvalue weighted by Crippen LogP contribution is 2.29. The summed E-state index contributed by atoms with van der Waals surface area (Å²) in [6.45, 7) is 6.04. The van der Waals surface area contributed by atoms with Gasteiger partial charge in [0.15, 0.2) is 5.82 Å². The summed E-state index contributed by atoms with van der Waals surface area (Å²) < 4.78 is 5.16. The minimum Gasteiger partial charge on any atom is -0.338 e. The lowest BCUT2D eigenvalue weighted by Crippen LogP contribution is -1.90. The van der Waals surface area contributed by atoms with Crippen molar-refractivity contribution in [2.45, 2.75) is 31.8 Å². The molecule has 17 heavy (non-hydrogen) atoms. The SMILES string of the molecule is Cc1cccc(CSC(C)c2nc(C)no2)c1. The van der Waals surface area contributed by atoms with Gasteiger partial charge in [-0.15, -0.1) is 11.8 Å². The van der Waals surface area contributed by atoms with Crippen LogP contribution in [-0.2, 0) is 5.75 Å². The fraction of sp³-hybridized carbons (Fsp3) is 0.385. The van der Waals surface area contributed by atoms with Gasteiger partial charge in [-0.25, -0.2) is 0 Å². The normalized spacial score (nSPS) is 12.6. The Hall–Kier alpha value is -1.29. The van der Waals surface area contributed by atoms with E-state index in [1.54, 1.807) is 0 Å². The molecule has 0 fully saturated rings. The van der Waals surface area contributed by atoms with E-state index in [1.807, 2.05) is 18.7 Å². The third kappa shape index (κ3) is 3.33. The van der Waals surface area contributed by atoms with E-state index in [-0.39, 0.29) is 5.25 Å². The summed E-state index contributed by atoms with van der Waals surface area (Å²) in [6, 6.07) is 8.55. The molecule has 0 spiro atoms. The Balaban J connectivity index is 1.94. The zero-order chi connectivity index (χ0) is 12.3. The number of nitrogens with zero attached hydrogens (tertiary/aromatic N) is 2. The summed E-state index contributed by atoms with van der Waals surface area (Å²) >= 11 is 1.81. The lowest BCUT2D eigenvalue weighted by Gasteiger charge is -2.06. The highest BCUT2D eigenvalue weighted by Gasteiger charge is 2.13. The Morgan fingerprint density at radius 3 is 2.82 bits per heavy atom. The van der Waals surface area contributed by atoms with Crippen LogP contribution in [-0.4, -0.2) is 10.1 Å². The molecule has 0 radical (unpaired) electrons. The molecule has 1 aromatic carbocycles. The van der Waals surface area contributed by atoms with Crippen LogP contribution in [0.25, 0.3) is 0 Å². The molecule has 4 heteroatoms. The molecule has 0 bridgehead atoms. The van der Waals surface area contributed by atoms with Gasteiger partial charge in [-0.2, -0.15) is 4.98 Å². The maximum Gasteiger partial charge on any atom is 0.239 e. The Labute approximate surface area is 106 Å². The predicted molar refractivity (Wildman–Crippen MR) is 69.9 cm³/mol. The van der Waals surface area contributed by atoms with Gasteiger partial charge in [0.25, 0.3) is 0 Å². The lowest BCUT2D eigenvalue weighted by atomic mass is 10.2. The third-order valence-electron chi connectivity index (χ3n) is 2.47. The zero-order valence-corrected chi connectivity index (χ0v) is 11.1. The van der Waals surface area contributed by atoms with Crippen LogP contribution >= 0.6 is 11.8 Å². The average molecular weight is 248 g/mol. The van der Waals surface area contributed by atoms with Crippen LogP contribution in [0.4, 0.5) is 0 Å². The number of thioether (sulfide) groups is 1. The van der Waals surface area contributed by atoms with Crippen LogP contribution in [0.1, 0.15) is 35.0 Å². The molecule has 0 saturated carbocycles. The van der Waals surface area contributed by atoms with Crippen LogP contribution in [0.15, 0.2) is 28.8 Å². The Morgan fingerprint density at radius 1 is 1.35 bits per heavy atom. The molecule has 0 saturated heterocycles. The topological polar surface area (TPSA) is 38.9 Å². The smallest absolute Gasteiger partial charge is 0.239 e.